The summed E-state index contributed by atoms with van der Waals surface area (Å²) in [5, 5.41) is 3.74. The average molecular weight is 351 g/mol. The van der Waals surface area contributed by atoms with Crippen LogP contribution in [0.3, 0.4) is 0 Å². The Morgan fingerprint density at radius 2 is 1.83 bits per heavy atom. The molecule has 2 rings (SSSR count). The molecule has 0 spiro atoms. The number of hydrogen-bond acceptors (Lipinski definition) is 2. The molecule has 0 unspecified atom stereocenters. The van der Waals surface area contributed by atoms with E-state index >= 15 is 0 Å². The molecule has 5 heteroatoms. The van der Waals surface area contributed by atoms with Crippen LogP contribution in [0.2, 0.25) is 5.02 Å². The standard InChI is InChI=1S/C19H27ClN2O2/c1-14(2)13-18(23)22-11-8-16(9-12-22)19(24)21-10-7-15-3-5-17(20)6-4-15/h3-6,14,16H,7-13H2,1-2H3,(H,21,24). The number of likely N-dealkylation sites (tertiary alicyclic amines) is 1. The molecule has 1 saturated heterocycles. The number of benzene rings is 1. The molecule has 132 valence electrons. The van der Waals surface area contributed by atoms with Crippen LogP contribution in [0.4, 0.5) is 0 Å². The molecule has 4 nitrogen and oxygen atoms in total. The second kappa shape index (κ2) is 9.07. The van der Waals surface area contributed by atoms with Crippen molar-refractivity contribution in [3.8, 4) is 0 Å². The largest absolute Gasteiger partial charge is 0.356 e. The molecule has 24 heavy (non-hydrogen) atoms. The summed E-state index contributed by atoms with van der Waals surface area (Å²) in [6, 6.07) is 7.69. The van der Waals surface area contributed by atoms with Gasteiger partial charge in [0.1, 0.15) is 0 Å². The fraction of sp³-hybridized carbons (Fsp3) is 0.579. The van der Waals surface area contributed by atoms with Crippen molar-refractivity contribution in [1.29, 1.82) is 0 Å². The third-order valence-corrected chi connectivity index (χ3v) is 4.68. The van der Waals surface area contributed by atoms with Crippen LogP contribution in [0.5, 0.6) is 0 Å². The normalized spacial score (nSPS) is 15.6. The summed E-state index contributed by atoms with van der Waals surface area (Å²) in [6.07, 6.45) is 2.92. The lowest BCUT2D eigenvalue weighted by molar-refractivity contribution is -0.136. The molecule has 0 atom stereocenters. The second-order valence-electron chi connectivity index (χ2n) is 6.92. The first kappa shape index (κ1) is 18.8. The number of nitrogens with one attached hydrogen (secondary N) is 1. The molecule has 2 amide bonds. The van der Waals surface area contributed by atoms with Gasteiger partial charge in [0, 0.05) is 37.0 Å². The lowest BCUT2D eigenvalue weighted by Gasteiger charge is -2.31. The lowest BCUT2D eigenvalue weighted by atomic mass is 9.95. The zero-order valence-corrected chi connectivity index (χ0v) is 15.3. The van der Waals surface area contributed by atoms with E-state index in [4.69, 9.17) is 11.6 Å². The van der Waals surface area contributed by atoms with E-state index in [1.54, 1.807) is 0 Å². The van der Waals surface area contributed by atoms with Crippen LogP contribution in [-0.4, -0.2) is 36.3 Å². The number of nitrogens with zero attached hydrogens (tertiary/aromatic N) is 1. The van der Waals surface area contributed by atoms with E-state index in [0.717, 1.165) is 29.8 Å². The Balaban J connectivity index is 1.69. The molecule has 0 bridgehead atoms. The van der Waals surface area contributed by atoms with Crippen molar-refractivity contribution in [3.05, 3.63) is 34.9 Å². The first-order chi connectivity index (χ1) is 11.5. The highest BCUT2D eigenvalue weighted by Gasteiger charge is 2.27. The summed E-state index contributed by atoms with van der Waals surface area (Å²) >= 11 is 5.86. The van der Waals surface area contributed by atoms with Crippen LogP contribution in [0.1, 0.15) is 38.7 Å². The molecular formula is C19H27ClN2O2. The molecule has 0 saturated carbocycles. The van der Waals surface area contributed by atoms with Gasteiger partial charge in [0.15, 0.2) is 0 Å². The van der Waals surface area contributed by atoms with Gasteiger partial charge in [-0.3, -0.25) is 9.59 Å². The van der Waals surface area contributed by atoms with Gasteiger partial charge in [-0.15, -0.1) is 0 Å². The average Bonchev–Trinajstić information content (AvgIpc) is 2.56. The maximum atomic E-state index is 12.3. The van der Waals surface area contributed by atoms with Crippen molar-refractivity contribution in [1.82, 2.24) is 10.2 Å². The topological polar surface area (TPSA) is 49.4 Å². The van der Waals surface area contributed by atoms with Gasteiger partial charge in [-0.2, -0.15) is 0 Å². The van der Waals surface area contributed by atoms with Gasteiger partial charge >= 0.3 is 0 Å². The molecule has 1 aromatic rings. The van der Waals surface area contributed by atoms with Crippen LogP contribution in [0.25, 0.3) is 0 Å². The number of carbonyl (C=O) groups excluding carboxylic acids is 2. The maximum Gasteiger partial charge on any atom is 0.223 e. The molecule has 1 aliphatic heterocycles. The van der Waals surface area contributed by atoms with E-state index in [0.29, 0.717) is 32.0 Å². The molecule has 0 aromatic heterocycles. The Bertz CT molecular complexity index is 549. The van der Waals surface area contributed by atoms with Crippen molar-refractivity contribution >= 4 is 23.4 Å². The third kappa shape index (κ3) is 5.82. The van der Waals surface area contributed by atoms with Gasteiger partial charge < -0.3 is 10.2 Å². The van der Waals surface area contributed by atoms with Gasteiger partial charge in [-0.05, 0) is 42.9 Å². The van der Waals surface area contributed by atoms with Crippen LogP contribution < -0.4 is 5.32 Å². The Hall–Kier alpha value is -1.55. The predicted molar refractivity (Wildman–Crippen MR) is 96.9 cm³/mol. The predicted octanol–water partition coefficient (Wildman–Crippen LogP) is 3.28. The minimum atomic E-state index is 0.0262. The van der Waals surface area contributed by atoms with E-state index < -0.39 is 0 Å². The number of rotatable bonds is 6. The van der Waals surface area contributed by atoms with E-state index in [1.165, 1.54) is 0 Å². The number of halogens is 1. The van der Waals surface area contributed by atoms with Crippen LogP contribution in [0.15, 0.2) is 24.3 Å². The summed E-state index contributed by atoms with van der Waals surface area (Å²) in [6.45, 7) is 6.13. The first-order valence-corrected chi connectivity index (χ1v) is 9.13. The van der Waals surface area contributed by atoms with Crippen molar-refractivity contribution in [2.75, 3.05) is 19.6 Å². The van der Waals surface area contributed by atoms with Gasteiger partial charge in [0.25, 0.3) is 0 Å². The smallest absolute Gasteiger partial charge is 0.223 e. The Kier molecular flexibility index (Phi) is 7.10. The quantitative estimate of drug-likeness (QED) is 0.855. The molecule has 1 N–H and O–H groups in total. The molecule has 0 aliphatic carbocycles. The second-order valence-corrected chi connectivity index (χ2v) is 7.36. The van der Waals surface area contributed by atoms with Gasteiger partial charge in [0.2, 0.25) is 11.8 Å². The van der Waals surface area contributed by atoms with Crippen molar-refractivity contribution in [2.45, 2.75) is 39.5 Å². The van der Waals surface area contributed by atoms with Crippen molar-refractivity contribution < 1.29 is 9.59 Å². The van der Waals surface area contributed by atoms with E-state index in [1.807, 2.05) is 29.2 Å². The van der Waals surface area contributed by atoms with E-state index in [2.05, 4.69) is 19.2 Å². The van der Waals surface area contributed by atoms with Crippen molar-refractivity contribution in [3.63, 3.8) is 0 Å². The minimum absolute atomic E-state index is 0.0262. The van der Waals surface area contributed by atoms with E-state index in [9.17, 15) is 9.59 Å². The SMILES string of the molecule is CC(C)CC(=O)N1CCC(C(=O)NCCc2ccc(Cl)cc2)CC1. The van der Waals surface area contributed by atoms with Crippen LogP contribution in [-0.2, 0) is 16.0 Å². The highest BCUT2D eigenvalue weighted by atomic mass is 35.5. The number of piperidine rings is 1. The number of carbonyl (C=O) groups is 2. The highest BCUT2D eigenvalue weighted by Crippen LogP contribution is 2.19. The fourth-order valence-electron chi connectivity index (χ4n) is 2.99. The van der Waals surface area contributed by atoms with Crippen LogP contribution >= 0.6 is 11.6 Å². The van der Waals surface area contributed by atoms with Crippen LogP contribution in [0, 0.1) is 11.8 Å². The first-order valence-electron chi connectivity index (χ1n) is 8.75. The molecule has 1 fully saturated rings. The molecule has 0 radical (unpaired) electrons. The monoisotopic (exact) mass is 350 g/mol. The number of hydrogen-bond donors (Lipinski definition) is 1. The number of amides is 2. The molecule has 1 heterocycles. The van der Waals surface area contributed by atoms with Gasteiger partial charge in [0.05, 0.1) is 0 Å². The lowest BCUT2D eigenvalue weighted by Crippen LogP contribution is -2.43. The summed E-state index contributed by atoms with van der Waals surface area (Å²) in [7, 11) is 0. The molecular weight excluding hydrogens is 324 g/mol. The third-order valence-electron chi connectivity index (χ3n) is 4.43. The van der Waals surface area contributed by atoms with E-state index in [-0.39, 0.29) is 17.7 Å². The zero-order valence-electron chi connectivity index (χ0n) is 14.6. The minimum Gasteiger partial charge on any atom is -0.356 e. The van der Waals surface area contributed by atoms with Gasteiger partial charge in [-0.1, -0.05) is 37.6 Å². The Morgan fingerprint density at radius 1 is 1.21 bits per heavy atom. The Labute approximate surface area is 149 Å². The highest BCUT2D eigenvalue weighted by molar-refractivity contribution is 6.30. The van der Waals surface area contributed by atoms with Crippen molar-refractivity contribution in [2.24, 2.45) is 11.8 Å². The summed E-state index contributed by atoms with van der Waals surface area (Å²) in [5.74, 6) is 0.733. The van der Waals surface area contributed by atoms with Gasteiger partial charge in [-0.25, -0.2) is 0 Å². The Morgan fingerprint density at radius 3 is 2.42 bits per heavy atom. The fourth-order valence-corrected chi connectivity index (χ4v) is 3.12. The summed E-state index contributed by atoms with van der Waals surface area (Å²) in [4.78, 5) is 26.2. The summed E-state index contributed by atoms with van der Waals surface area (Å²) in [5.41, 5.74) is 1.16. The molecule has 1 aromatic carbocycles. The molecule has 1 aliphatic rings. The maximum absolute atomic E-state index is 12.3. The summed E-state index contributed by atoms with van der Waals surface area (Å²) < 4.78 is 0. The zero-order chi connectivity index (χ0) is 17.5.